The van der Waals surface area contributed by atoms with Crippen molar-refractivity contribution in [3.63, 3.8) is 0 Å². The van der Waals surface area contributed by atoms with Gasteiger partial charge in [0, 0.05) is 13.7 Å². The van der Waals surface area contributed by atoms with E-state index < -0.39 is 5.60 Å². The maximum Gasteiger partial charge on any atom is 0.410 e. The van der Waals surface area contributed by atoms with Gasteiger partial charge in [-0.1, -0.05) is 0 Å². The fourth-order valence-corrected chi connectivity index (χ4v) is 1.90. The van der Waals surface area contributed by atoms with E-state index >= 15 is 0 Å². The van der Waals surface area contributed by atoms with Crippen LogP contribution in [-0.2, 0) is 9.47 Å². The zero-order chi connectivity index (χ0) is 13.1. The van der Waals surface area contributed by atoms with E-state index in [4.69, 9.17) is 14.7 Å². The number of hydrogen-bond donors (Lipinski definition) is 0. The van der Waals surface area contributed by atoms with E-state index in [-0.39, 0.29) is 18.1 Å². The lowest BCUT2D eigenvalue weighted by Gasteiger charge is -2.28. The molecule has 1 amide bonds. The van der Waals surface area contributed by atoms with Crippen molar-refractivity contribution < 1.29 is 14.3 Å². The molecule has 1 heterocycles. The van der Waals surface area contributed by atoms with Crippen molar-refractivity contribution in [2.45, 2.75) is 38.8 Å². The fraction of sp³-hybridized carbons (Fsp3) is 0.833. The highest BCUT2D eigenvalue weighted by Crippen LogP contribution is 2.25. The first-order valence-electron chi connectivity index (χ1n) is 5.75. The van der Waals surface area contributed by atoms with Gasteiger partial charge in [-0.25, -0.2) is 4.79 Å². The molecule has 0 aromatic heterocycles. The normalized spacial score (nSPS) is 24.5. The number of hydrogen-bond acceptors (Lipinski definition) is 4. The molecular formula is C12H20N2O3. The van der Waals surface area contributed by atoms with E-state index in [0.717, 1.165) is 0 Å². The average molecular weight is 240 g/mol. The fourth-order valence-electron chi connectivity index (χ4n) is 1.90. The van der Waals surface area contributed by atoms with Crippen molar-refractivity contribution in [1.82, 2.24) is 4.90 Å². The van der Waals surface area contributed by atoms with Gasteiger partial charge in [-0.05, 0) is 27.2 Å². The smallest absolute Gasteiger partial charge is 0.410 e. The Morgan fingerprint density at radius 3 is 2.65 bits per heavy atom. The number of likely N-dealkylation sites (tertiary alicyclic amines) is 1. The second-order valence-electron chi connectivity index (χ2n) is 5.30. The van der Waals surface area contributed by atoms with Crippen LogP contribution in [0.5, 0.6) is 0 Å². The van der Waals surface area contributed by atoms with Gasteiger partial charge in [0.05, 0.1) is 24.6 Å². The molecular weight excluding hydrogens is 220 g/mol. The number of carbonyl (C=O) groups is 1. The maximum absolute atomic E-state index is 11.9. The van der Waals surface area contributed by atoms with Gasteiger partial charge < -0.3 is 14.4 Å². The molecule has 1 aliphatic heterocycles. The molecule has 96 valence electrons. The molecule has 5 heteroatoms. The van der Waals surface area contributed by atoms with Crippen molar-refractivity contribution in [2.24, 2.45) is 5.92 Å². The molecule has 1 rings (SSSR count). The molecule has 0 unspecified atom stereocenters. The van der Waals surface area contributed by atoms with Crippen LogP contribution in [0.1, 0.15) is 27.2 Å². The van der Waals surface area contributed by atoms with Crippen LogP contribution in [0.3, 0.4) is 0 Å². The molecule has 1 aliphatic rings. The Labute approximate surface area is 102 Å². The highest BCUT2D eigenvalue weighted by Gasteiger charge is 2.37. The molecule has 0 saturated carbocycles. The van der Waals surface area contributed by atoms with Gasteiger partial charge in [0.1, 0.15) is 5.60 Å². The zero-order valence-electron chi connectivity index (χ0n) is 10.9. The van der Waals surface area contributed by atoms with Crippen LogP contribution < -0.4 is 0 Å². The molecule has 17 heavy (non-hydrogen) atoms. The van der Waals surface area contributed by atoms with E-state index in [1.54, 1.807) is 12.0 Å². The Morgan fingerprint density at radius 1 is 1.53 bits per heavy atom. The maximum atomic E-state index is 11.9. The zero-order valence-corrected chi connectivity index (χ0v) is 10.9. The summed E-state index contributed by atoms with van der Waals surface area (Å²) in [5.41, 5.74) is -0.514. The van der Waals surface area contributed by atoms with E-state index in [0.29, 0.717) is 19.6 Å². The van der Waals surface area contributed by atoms with Gasteiger partial charge in [0.15, 0.2) is 0 Å². The third-order valence-electron chi connectivity index (χ3n) is 2.58. The van der Waals surface area contributed by atoms with Crippen LogP contribution in [0, 0.1) is 17.2 Å². The van der Waals surface area contributed by atoms with Crippen LogP contribution in [0.4, 0.5) is 4.79 Å². The standard InChI is InChI=1S/C12H20N2O3/c1-12(2,3)17-11(15)14-7-9(6-13)5-10(14)8-16-4/h9-10H,5,7-8H2,1-4H3/t9-,10+/m0/s1. The second kappa shape index (κ2) is 5.37. The molecule has 0 aliphatic carbocycles. The van der Waals surface area contributed by atoms with E-state index in [1.165, 1.54) is 0 Å². The number of amides is 1. The minimum Gasteiger partial charge on any atom is -0.444 e. The molecule has 2 atom stereocenters. The molecule has 0 spiro atoms. The number of nitriles is 1. The topological polar surface area (TPSA) is 62.6 Å². The summed E-state index contributed by atoms with van der Waals surface area (Å²) in [5.74, 6) is -0.123. The SMILES string of the molecule is COC[C@H]1C[C@@H](C#N)CN1C(=O)OC(C)(C)C. The average Bonchev–Trinajstić information content (AvgIpc) is 2.59. The van der Waals surface area contributed by atoms with Crippen LogP contribution in [0.25, 0.3) is 0 Å². The Kier molecular flexibility index (Phi) is 4.35. The summed E-state index contributed by atoms with van der Waals surface area (Å²) in [6.45, 7) is 6.35. The number of nitrogens with zero attached hydrogens (tertiary/aromatic N) is 2. The Hall–Kier alpha value is -1.28. The minimum absolute atomic E-state index is 0.0560. The summed E-state index contributed by atoms with van der Waals surface area (Å²) >= 11 is 0. The Morgan fingerprint density at radius 2 is 2.18 bits per heavy atom. The van der Waals surface area contributed by atoms with Crippen LogP contribution >= 0.6 is 0 Å². The predicted octanol–water partition coefficient (Wildman–Crippen LogP) is 1.78. The summed E-state index contributed by atoms with van der Waals surface area (Å²) in [4.78, 5) is 13.5. The van der Waals surface area contributed by atoms with E-state index in [2.05, 4.69) is 6.07 Å². The van der Waals surface area contributed by atoms with Gasteiger partial charge in [-0.3, -0.25) is 0 Å². The lowest BCUT2D eigenvalue weighted by molar-refractivity contribution is 0.0147. The minimum atomic E-state index is -0.514. The van der Waals surface area contributed by atoms with E-state index in [9.17, 15) is 4.79 Å². The molecule has 1 saturated heterocycles. The molecule has 0 aromatic rings. The number of ether oxygens (including phenoxy) is 2. The molecule has 1 fully saturated rings. The van der Waals surface area contributed by atoms with Crippen molar-refractivity contribution in [1.29, 1.82) is 5.26 Å². The molecule has 0 N–H and O–H groups in total. The lowest BCUT2D eigenvalue weighted by Crippen LogP contribution is -2.41. The molecule has 0 bridgehead atoms. The first-order valence-corrected chi connectivity index (χ1v) is 5.75. The van der Waals surface area contributed by atoms with Crippen LogP contribution in [0.2, 0.25) is 0 Å². The van der Waals surface area contributed by atoms with Crippen molar-refractivity contribution in [3.8, 4) is 6.07 Å². The first kappa shape index (κ1) is 13.8. The van der Waals surface area contributed by atoms with Gasteiger partial charge in [-0.15, -0.1) is 0 Å². The molecule has 0 aromatic carbocycles. The monoisotopic (exact) mass is 240 g/mol. The van der Waals surface area contributed by atoms with Crippen molar-refractivity contribution in [2.75, 3.05) is 20.3 Å². The summed E-state index contributed by atoms with van der Waals surface area (Å²) in [6, 6.07) is 2.14. The predicted molar refractivity (Wildman–Crippen MR) is 62.3 cm³/mol. The van der Waals surface area contributed by atoms with Crippen molar-refractivity contribution in [3.05, 3.63) is 0 Å². The molecule has 0 radical (unpaired) electrons. The number of methoxy groups -OCH3 is 1. The highest BCUT2D eigenvalue weighted by atomic mass is 16.6. The van der Waals surface area contributed by atoms with Crippen LogP contribution in [0.15, 0.2) is 0 Å². The highest BCUT2D eigenvalue weighted by molar-refractivity contribution is 5.69. The summed E-state index contributed by atoms with van der Waals surface area (Å²) in [7, 11) is 1.59. The molecule has 5 nitrogen and oxygen atoms in total. The third-order valence-corrected chi connectivity index (χ3v) is 2.58. The van der Waals surface area contributed by atoms with Gasteiger partial charge >= 0.3 is 6.09 Å². The van der Waals surface area contributed by atoms with Crippen molar-refractivity contribution >= 4 is 6.09 Å². The van der Waals surface area contributed by atoms with Gasteiger partial charge in [-0.2, -0.15) is 5.26 Å². The lowest BCUT2D eigenvalue weighted by atomic mass is 10.1. The summed E-state index contributed by atoms with van der Waals surface area (Å²) < 4.78 is 10.4. The van der Waals surface area contributed by atoms with Gasteiger partial charge in [0.25, 0.3) is 0 Å². The second-order valence-corrected chi connectivity index (χ2v) is 5.30. The van der Waals surface area contributed by atoms with Crippen LogP contribution in [-0.4, -0.2) is 42.9 Å². The first-order chi connectivity index (χ1) is 7.87. The number of carbonyl (C=O) groups excluding carboxylic acids is 1. The van der Waals surface area contributed by atoms with Gasteiger partial charge in [0.2, 0.25) is 0 Å². The quantitative estimate of drug-likeness (QED) is 0.738. The third kappa shape index (κ3) is 3.90. The Balaban J connectivity index is 2.67. The summed E-state index contributed by atoms with van der Waals surface area (Å²) in [6.07, 6.45) is 0.293. The largest absolute Gasteiger partial charge is 0.444 e. The van der Waals surface area contributed by atoms with E-state index in [1.807, 2.05) is 20.8 Å². The Bertz CT molecular complexity index is 317. The summed E-state index contributed by atoms with van der Waals surface area (Å²) in [5, 5.41) is 8.91. The number of rotatable bonds is 2.